The van der Waals surface area contributed by atoms with Crippen LogP contribution in [0.2, 0.25) is 5.02 Å². The minimum atomic E-state index is -1.07. The van der Waals surface area contributed by atoms with Crippen molar-refractivity contribution in [2.24, 2.45) is 0 Å². The second-order valence-electron chi connectivity index (χ2n) is 9.38. The van der Waals surface area contributed by atoms with E-state index in [0.717, 1.165) is 44.8 Å². The van der Waals surface area contributed by atoms with Gasteiger partial charge in [0.15, 0.2) is 0 Å². The molecule has 0 radical (unpaired) electrons. The molecule has 1 fully saturated rings. The maximum Gasteiger partial charge on any atom is 0.266 e. The van der Waals surface area contributed by atoms with Crippen LogP contribution in [0.5, 0.6) is 0 Å². The molecule has 3 amide bonds. The Balaban J connectivity index is 1.63. The summed E-state index contributed by atoms with van der Waals surface area (Å²) in [5, 5.41) is 3.27. The van der Waals surface area contributed by atoms with Gasteiger partial charge in [-0.05, 0) is 55.7 Å². The topological polar surface area (TPSA) is 79.0 Å². The Morgan fingerprint density at radius 2 is 1.74 bits per heavy atom. The first-order valence-electron chi connectivity index (χ1n) is 11.7. The Labute approximate surface area is 210 Å². The molecule has 2 aromatic carbocycles. The van der Waals surface area contributed by atoms with E-state index in [1.165, 1.54) is 11.8 Å². The van der Waals surface area contributed by atoms with Crippen molar-refractivity contribution in [3.8, 4) is 0 Å². The van der Waals surface area contributed by atoms with Crippen molar-refractivity contribution in [2.75, 3.05) is 37.7 Å². The van der Waals surface area contributed by atoms with E-state index in [-0.39, 0.29) is 17.1 Å². The third kappa shape index (κ3) is 5.48. The van der Waals surface area contributed by atoms with E-state index >= 15 is 0 Å². The van der Waals surface area contributed by atoms with Gasteiger partial charge in [-0.15, -0.1) is 0 Å². The first kappa shape index (κ1) is 25.1. The van der Waals surface area contributed by atoms with Gasteiger partial charge in [0.05, 0.1) is 35.6 Å². The van der Waals surface area contributed by atoms with E-state index in [4.69, 9.17) is 16.3 Å². The number of amides is 3. The third-order valence-corrected chi connectivity index (χ3v) is 6.56. The van der Waals surface area contributed by atoms with E-state index < -0.39 is 17.4 Å². The molecular weight excluding hydrogens is 466 g/mol. The summed E-state index contributed by atoms with van der Waals surface area (Å²) < 4.78 is 5.40. The summed E-state index contributed by atoms with van der Waals surface area (Å²) in [6, 6.07) is 14.3. The molecule has 4 rings (SSSR count). The molecule has 2 heterocycles. The van der Waals surface area contributed by atoms with Gasteiger partial charge in [-0.2, -0.15) is 0 Å². The van der Waals surface area contributed by atoms with Crippen molar-refractivity contribution in [2.45, 2.75) is 32.7 Å². The zero-order valence-electron chi connectivity index (χ0n) is 20.3. The van der Waals surface area contributed by atoms with Crippen molar-refractivity contribution in [1.82, 2.24) is 10.2 Å². The number of halogens is 1. The van der Waals surface area contributed by atoms with Crippen molar-refractivity contribution in [3.63, 3.8) is 0 Å². The summed E-state index contributed by atoms with van der Waals surface area (Å²) in [6.07, 6.45) is 0.870. The number of carbonyl (C=O) groups is 3. The summed E-state index contributed by atoms with van der Waals surface area (Å²) in [5.74, 6) is -1.19. The first-order valence-corrected chi connectivity index (χ1v) is 12.1. The van der Waals surface area contributed by atoms with Crippen LogP contribution < -0.4 is 10.2 Å². The lowest BCUT2D eigenvalue weighted by Gasteiger charge is -2.27. The van der Waals surface area contributed by atoms with Crippen molar-refractivity contribution in [1.29, 1.82) is 0 Å². The molecule has 0 unspecified atom stereocenters. The standard InChI is InChI=1S/C27H30ClN3O4/c1-18(32)29-27(2,3)24-23(20-5-4-6-21(28)17-20)25(33)31(26(24)34)22-9-7-19(8-10-22)11-12-30-13-15-35-16-14-30/h4-10,17H,11-16H2,1-3H3,(H,29,32). The maximum atomic E-state index is 13.7. The Bertz CT molecular complexity index is 1170. The van der Waals surface area contributed by atoms with Gasteiger partial charge in [-0.3, -0.25) is 19.3 Å². The molecule has 7 nitrogen and oxygen atoms in total. The molecule has 0 atom stereocenters. The zero-order valence-corrected chi connectivity index (χ0v) is 21.0. The van der Waals surface area contributed by atoms with E-state index in [9.17, 15) is 14.4 Å². The third-order valence-electron chi connectivity index (χ3n) is 6.33. The van der Waals surface area contributed by atoms with Crippen molar-refractivity contribution < 1.29 is 19.1 Å². The highest BCUT2D eigenvalue weighted by molar-refractivity contribution is 6.46. The number of carbonyl (C=O) groups excluding carboxylic acids is 3. The molecule has 2 aromatic rings. The zero-order chi connectivity index (χ0) is 25.2. The molecule has 0 aromatic heterocycles. The lowest BCUT2D eigenvalue weighted by Crippen LogP contribution is -2.47. The van der Waals surface area contributed by atoms with E-state index in [0.29, 0.717) is 16.3 Å². The number of benzene rings is 2. The fourth-order valence-corrected chi connectivity index (χ4v) is 4.87. The van der Waals surface area contributed by atoms with Crippen LogP contribution in [0.15, 0.2) is 54.1 Å². The summed E-state index contributed by atoms with van der Waals surface area (Å²) in [7, 11) is 0. The number of nitrogens with one attached hydrogen (secondary N) is 1. The predicted octanol–water partition coefficient (Wildman–Crippen LogP) is 3.46. The molecule has 1 N–H and O–H groups in total. The SMILES string of the molecule is CC(=O)NC(C)(C)C1=C(c2cccc(Cl)c2)C(=O)N(c2ccc(CCN3CCOCC3)cc2)C1=O. The molecule has 0 saturated carbocycles. The van der Waals surface area contributed by atoms with Crippen LogP contribution in [0.3, 0.4) is 0 Å². The second kappa shape index (κ2) is 10.3. The summed E-state index contributed by atoms with van der Waals surface area (Å²) in [5.41, 5.74) is 1.56. The highest BCUT2D eigenvalue weighted by Crippen LogP contribution is 2.38. The van der Waals surface area contributed by atoms with Gasteiger partial charge in [-0.25, -0.2) is 4.90 Å². The van der Waals surface area contributed by atoms with Crippen LogP contribution >= 0.6 is 11.6 Å². The van der Waals surface area contributed by atoms with Crippen LogP contribution in [0.1, 0.15) is 31.9 Å². The number of hydrogen-bond donors (Lipinski definition) is 1. The monoisotopic (exact) mass is 495 g/mol. The molecule has 2 aliphatic rings. The second-order valence-corrected chi connectivity index (χ2v) is 9.82. The fraction of sp³-hybridized carbons (Fsp3) is 0.370. The lowest BCUT2D eigenvalue weighted by atomic mass is 9.88. The Morgan fingerprint density at radius 1 is 1.06 bits per heavy atom. The highest BCUT2D eigenvalue weighted by Gasteiger charge is 2.46. The molecular formula is C27H30ClN3O4. The van der Waals surface area contributed by atoms with Gasteiger partial charge in [0.2, 0.25) is 5.91 Å². The molecule has 0 aliphatic carbocycles. The van der Waals surface area contributed by atoms with Gasteiger partial charge < -0.3 is 10.1 Å². The first-order chi connectivity index (χ1) is 16.7. The van der Waals surface area contributed by atoms with Crippen LogP contribution in [0.25, 0.3) is 5.57 Å². The van der Waals surface area contributed by atoms with Crippen LogP contribution in [-0.2, 0) is 25.5 Å². The van der Waals surface area contributed by atoms with Gasteiger partial charge >= 0.3 is 0 Å². The predicted molar refractivity (Wildman–Crippen MR) is 136 cm³/mol. The maximum absolute atomic E-state index is 13.7. The number of anilines is 1. The molecule has 8 heteroatoms. The smallest absolute Gasteiger partial charge is 0.266 e. The Morgan fingerprint density at radius 3 is 2.37 bits per heavy atom. The molecule has 0 bridgehead atoms. The average molecular weight is 496 g/mol. The average Bonchev–Trinajstić information content (AvgIpc) is 3.09. The number of rotatable bonds is 7. The van der Waals surface area contributed by atoms with Crippen molar-refractivity contribution >= 4 is 40.6 Å². The Kier molecular flexibility index (Phi) is 7.40. The van der Waals surface area contributed by atoms with Crippen LogP contribution in [0, 0.1) is 0 Å². The summed E-state index contributed by atoms with van der Waals surface area (Å²) in [6.45, 7) is 9.14. The number of morpholine rings is 1. The fourth-order valence-electron chi connectivity index (χ4n) is 4.68. The molecule has 0 spiro atoms. The van der Waals surface area contributed by atoms with Gasteiger partial charge in [-0.1, -0.05) is 35.9 Å². The highest BCUT2D eigenvalue weighted by atomic mass is 35.5. The van der Waals surface area contributed by atoms with Gasteiger partial charge in [0.25, 0.3) is 11.8 Å². The number of imide groups is 1. The van der Waals surface area contributed by atoms with Crippen molar-refractivity contribution in [3.05, 3.63) is 70.3 Å². The molecule has 1 saturated heterocycles. The van der Waals surface area contributed by atoms with Gasteiger partial charge in [0, 0.05) is 31.6 Å². The van der Waals surface area contributed by atoms with Crippen LogP contribution in [-0.4, -0.2) is 61.0 Å². The Hall–Kier alpha value is -3.00. The quantitative estimate of drug-likeness (QED) is 0.595. The van der Waals surface area contributed by atoms with E-state index in [1.54, 1.807) is 50.2 Å². The number of ether oxygens (including phenoxy) is 1. The minimum Gasteiger partial charge on any atom is -0.379 e. The summed E-state index contributed by atoms with van der Waals surface area (Å²) >= 11 is 6.20. The number of hydrogen-bond acceptors (Lipinski definition) is 5. The van der Waals surface area contributed by atoms with Crippen LogP contribution in [0.4, 0.5) is 5.69 Å². The lowest BCUT2D eigenvalue weighted by molar-refractivity contribution is -0.120. The number of nitrogens with zero attached hydrogens (tertiary/aromatic N) is 2. The molecule has 2 aliphatic heterocycles. The minimum absolute atomic E-state index is 0.233. The molecule has 184 valence electrons. The normalized spacial score (nSPS) is 17.3. The largest absolute Gasteiger partial charge is 0.379 e. The summed E-state index contributed by atoms with van der Waals surface area (Å²) in [4.78, 5) is 42.8. The van der Waals surface area contributed by atoms with E-state index in [2.05, 4.69) is 10.2 Å². The molecule has 35 heavy (non-hydrogen) atoms. The van der Waals surface area contributed by atoms with E-state index in [1.807, 2.05) is 12.1 Å². The van der Waals surface area contributed by atoms with Gasteiger partial charge in [0.1, 0.15) is 0 Å².